The van der Waals surface area contributed by atoms with E-state index >= 15 is 0 Å². The number of aryl methyl sites for hydroxylation is 2. The van der Waals surface area contributed by atoms with Gasteiger partial charge in [0.1, 0.15) is 11.5 Å². The summed E-state index contributed by atoms with van der Waals surface area (Å²) in [7, 11) is 1.78. The van der Waals surface area contributed by atoms with E-state index in [1.165, 1.54) is 5.56 Å². The summed E-state index contributed by atoms with van der Waals surface area (Å²) in [5.74, 6) is 3.08. The van der Waals surface area contributed by atoms with Crippen LogP contribution in [0.1, 0.15) is 49.4 Å². The Morgan fingerprint density at radius 2 is 1.86 bits per heavy atom. The largest absolute Gasteiger partial charge is 0.493 e. The minimum absolute atomic E-state index is 0. The van der Waals surface area contributed by atoms with E-state index in [2.05, 4.69) is 53.7 Å². The molecule has 1 atom stereocenters. The second-order valence-corrected chi connectivity index (χ2v) is 7.19. The van der Waals surface area contributed by atoms with Gasteiger partial charge in [-0.05, 0) is 50.8 Å². The van der Waals surface area contributed by atoms with Gasteiger partial charge in [-0.1, -0.05) is 31.1 Å². The van der Waals surface area contributed by atoms with Gasteiger partial charge >= 0.3 is 0 Å². The molecular weight excluding hydrogens is 467 g/mol. The van der Waals surface area contributed by atoms with Gasteiger partial charge in [-0.2, -0.15) is 0 Å². The second kappa shape index (κ2) is 11.9. The molecule has 28 heavy (non-hydrogen) atoms. The number of nitrogens with zero attached hydrogens (tertiary/aromatic N) is 2. The molecule has 0 saturated carbocycles. The predicted molar refractivity (Wildman–Crippen MR) is 125 cm³/mol. The molecule has 156 valence electrons. The number of aliphatic imine (C=N–C) groups is 1. The zero-order chi connectivity index (χ0) is 19.8. The van der Waals surface area contributed by atoms with Crippen LogP contribution in [-0.2, 0) is 6.42 Å². The Bertz CT molecular complexity index is 722. The van der Waals surface area contributed by atoms with Crippen LogP contribution >= 0.6 is 24.0 Å². The van der Waals surface area contributed by atoms with Crippen LogP contribution in [0.15, 0.2) is 33.8 Å². The summed E-state index contributed by atoms with van der Waals surface area (Å²) in [4.78, 5) is 4.31. The average Bonchev–Trinajstić information content (AvgIpc) is 2.97. The van der Waals surface area contributed by atoms with Crippen LogP contribution in [0.2, 0.25) is 0 Å². The van der Waals surface area contributed by atoms with E-state index in [1.807, 2.05) is 26.0 Å². The molecular formula is C21H33IN4O2. The first-order chi connectivity index (χ1) is 12.9. The van der Waals surface area contributed by atoms with Gasteiger partial charge in [0, 0.05) is 19.2 Å². The number of hydrogen-bond donors (Lipinski definition) is 2. The van der Waals surface area contributed by atoms with E-state index in [9.17, 15) is 0 Å². The molecule has 0 saturated heterocycles. The molecule has 0 spiro atoms. The van der Waals surface area contributed by atoms with Crippen LogP contribution in [0.4, 0.5) is 0 Å². The smallest absolute Gasteiger partial charge is 0.191 e. The van der Waals surface area contributed by atoms with Gasteiger partial charge < -0.3 is 19.9 Å². The number of guanidine groups is 1. The lowest BCUT2D eigenvalue weighted by Crippen LogP contribution is -2.39. The predicted octanol–water partition coefficient (Wildman–Crippen LogP) is 4.41. The topological polar surface area (TPSA) is 71.7 Å². The van der Waals surface area contributed by atoms with Crippen LogP contribution < -0.4 is 15.4 Å². The number of aromatic nitrogens is 1. The molecule has 1 unspecified atom stereocenters. The first-order valence-electron chi connectivity index (χ1n) is 9.52. The summed E-state index contributed by atoms with van der Waals surface area (Å²) in [6.45, 7) is 11.8. The molecule has 0 aliphatic carbocycles. The molecule has 6 nitrogen and oxygen atoms in total. The number of ether oxygens (including phenoxy) is 1. The van der Waals surface area contributed by atoms with Crippen LogP contribution in [-0.4, -0.2) is 31.3 Å². The van der Waals surface area contributed by atoms with Crippen LogP contribution in [0.3, 0.4) is 0 Å². The highest BCUT2D eigenvalue weighted by atomic mass is 127. The SMILES string of the molecule is CN=C(NCCc1c(C)noc1C)NC(C)c1ccc(OCC(C)C)cc1.I. The lowest BCUT2D eigenvalue weighted by molar-refractivity contribution is 0.271. The van der Waals surface area contributed by atoms with Gasteiger partial charge in [0.05, 0.1) is 18.3 Å². The molecule has 0 aliphatic rings. The average molecular weight is 500 g/mol. The van der Waals surface area contributed by atoms with Crippen molar-refractivity contribution in [2.45, 2.75) is 47.1 Å². The lowest BCUT2D eigenvalue weighted by Gasteiger charge is -2.19. The molecule has 1 aromatic heterocycles. The van der Waals surface area contributed by atoms with E-state index in [0.29, 0.717) is 5.92 Å². The standard InChI is InChI=1S/C21H32N4O2.HI/c1-14(2)13-26-19-9-7-18(8-10-19)15(3)24-21(22-6)23-12-11-20-16(4)25-27-17(20)5;/h7-10,14-15H,11-13H2,1-6H3,(H2,22,23,24);1H. The molecule has 1 heterocycles. The maximum atomic E-state index is 5.74. The highest BCUT2D eigenvalue weighted by Crippen LogP contribution is 2.18. The minimum Gasteiger partial charge on any atom is -0.493 e. The highest BCUT2D eigenvalue weighted by molar-refractivity contribution is 14.0. The maximum Gasteiger partial charge on any atom is 0.191 e. The maximum absolute atomic E-state index is 5.74. The first-order valence-corrected chi connectivity index (χ1v) is 9.52. The zero-order valence-electron chi connectivity index (χ0n) is 17.7. The number of nitrogens with one attached hydrogen (secondary N) is 2. The van der Waals surface area contributed by atoms with Crippen molar-refractivity contribution in [3.8, 4) is 5.75 Å². The van der Waals surface area contributed by atoms with Crippen molar-refractivity contribution in [2.24, 2.45) is 10.9 Å². The van der Waals surface area contributed by atoms with Gasteiger partial charge in [0.15, 0.2) is 5.96 Å². The Morgan fingerprint density at radius 3 is 2.39 bits per heavy atom. The molecule has 0 fully saturated rings. The molecule has 1 aromatic carbocycles. The molecule has 0 aliphatic heterocycles. The summed E-state index contributed by atoms with van der Waals surface area (Å²) in [5, 5.41) is 10.8. The Hall–Kier alpha value is -1.77. The van der Waals surface area contributed by atoms with Crippen LogP contribution in [0.25, 0.3) is 0 Å². The molecule has 2 aromatic rings. The Morgan fingerprint density at radius 1 is 1.18 bits per heavy atom. The number of rotatable bonds is 8. The molecule has 0 amide bonds. The summed E-state index contributed by atoms with van der Waals surface area (Å²) >= 11 is 0. The summed E-state index contributed by atoms with van der Waals surface area (Å²) < 4.78 is 11.0. The number of hydrogen-bond acceptors (Lipinski definition) is 4. The summed E-state index contributed by atoms with van der Waals surface area (Å²) in [5.41, 5.74) is 3.29. The van der Waals surface area contributed by atoms with Gasteiger partial charge in [-0.25, -0.2) is 0 Å². The van der Waals surface area contributed by atoms with Gasteiger partial charge in [-0.3, -0.25) is 4.99 Å². The van der Waals surface area contributed by atoms with Crippen molar-refractivity contribution < 1.29 is 9.26 Å². The van der Waals surface area contributed by atoms with E-state index in [0.717, 1.165) is 48.3 Å². The van der Waals surface area contributed by atoms with Crippen molar-refractivity contribution in [1.29, 1.82) is 0 Å². The van der Waals surface area contributed by atoms with Crippen molar-refractivity contribution in [3.05, 3.63) is 46.8 Å². The summed E-state index contributed by atoms with van der Waals surface area (Å²) in [6, 6.07) is 8.34. The monoisotopic (exact) mass is 500 g/mol. The quantitative estimate of drug-likeness (QED) is 0.319. The molecule has 0 bridgehead atoms. The second-order valence-electron chi connectivity index (χ2n) is 7.19. The Kier molecular flexibility index (Phi) is 10.3. The third-order valence-electron chi connectivity index (χ3n) is 4.39. The molecule has 0 radical (unpaired) electrons. The lowest BCUT2D eigenvalue weighted by atomic mass is 10.1. The van der Waals surface area contributed by atoms with E-state index in [-0.39, 0.29) is 30.0 Å². The Balaban J connectivity index is 0.00000392. The molecule has 2 N–H and O–H groups in total. The Labute approximate surface area is 185 Å². The summed E-state index contributed by atoms with van der Waals surface area (Å²) in [6.07, 6.45) is 0.845. The third-order valence-corrected chi connectivity index (χ3v) is 4.39. The van der Waals surface area contributed by atoms with E-state index in [1.54, 1.807) is 7.05 Å². The first kappa shape index (κ1) is 24.3. The van der Waals surface area contributed by atoms with Crippen molar-refractivity contribution >= 4 is 29.9 Å². The van der Waals surface area contributed by atoms with E-state index < -0.39 is 0 Å². The molecule has 2 rings (SSSR count). The zero-order valence-corrected chi connectivity index (χ0v) is 20.0. The number of halogens is 1. The van der Waals surface area contributed by atoms with Crippen molar-refractivity contribution in [3.63, 3.8) is 0 Å². The van der Waals surface area contributed by atoms with Gasteiger partial charge in [0.2, 0.25) is 0 Å². The molecule has 7 heteroatoms. The van der Waals surface area contributed by atoms with Gasteiger partial charge in [-0.15, -0.1) is 24.0 Å². The highest BCUT2D eigenvalue weighted by Gasteiger charge is 2.11. The van der Waals surface area contributed by atoms with Crippen LogP contribution in [0.5, 0.6) is 5.75 Å². The fourth-order valence-electron chi connectivity index (χ4n) is 2.76. The normalized spacial score (nSPS) is 12.5. The van der Waals surface area contributed by atoms with Crippen molar-refractivity contribution in [1.82, 2.24) is 15.8 Å². The van der Waals surface area contributed by atoms with Crippen molar-refractivity contribution in [2.75, 3.05) is 20.2 Å². The van der Waals surface area contributed by atoms with E-state index in [4.69, 9.17) is 9.26 Å². The number of benzene rings is 1. The van der Waals surface area contributed by atoms with Gasteiger partial charge in [0.25, 0.3) is 0 Å². The fourth-order valence-corrected chi connectivity index (χ4v) is 2.76. The minimum atomic E-state index is 0. The van der Waals surface area contributed by atoms with Crippen LogP contribution in [0, 0.1) is 19.8 Å². The third kappa shape index (κ3) is 7.33. The fraction of sp³-hybridized carbons (Fsp3) is 0.524.